The van der Waals surface area contributed by atoms with Crippen molar-refractivity contribution in [2.75, 3.05) is 6.54 Å². The maximum atomic E-state index is 11.2. The van der Waals surface area contributed by atoms with Crippen LogP contribution in [0.1, 0.15) is 18.9 Å². The van der Waals surface area contributed by atoms with Crippen molar-refractivity contribution < 1.29 is 4.79 Å². The third-order valence-electron chi connectivity index (χ3n) is 2.75. The third-order valence-corrected chi connectivity index (χ3v) is 2.98. The first kappa shape index (κ1) is 9.53. The molecule has 0 spiro atoms. The van der Waals surface area contributed by atoms with Crippen molar-refractivity contribution in [3.8, 4) is 0 Å². The molecule has 0 radical (unpaired) electrons. The predicted molar refractivity (Wildman–Crippen MR) is 56.4 cm³/mol. The van der Waals surface area contributed by atoms with Gasteiger partial charge in [0.05, 0.1) is 0 Å². The number of carbonyl (C=O) groups is 1. The van der Waals surface area contributed by atoms with Gasteiger partial charge in [-0.15, -0.1) is 0 Å². The zero-order valence-corrected chi connectivity index (χ0v) is 8.77. The molecule has 0 bridgehead atoms. The summed E-state index contributed by atoms with van der Waals surface area (Å²) in [5.74, 6) is 0.118. The summed E-state index contributed by atoms with van der Waals surface area (Å²) in [6.45, 7) is 2.78. The van der Waals surface area contributed by atoms with Gasteiger partial charge < -0.3 is 5.32 Å². The molecule has 2 rings (SSSR count). The van der Waals surface area contributed by atoms with Gasteiger partial charge in [0.1, 0.15) is 0 Å². The van der Waals surface area contributed by atoms with Crippen molar-refractivity contribution in [1.82, 2.24) is 5.32 Å². The van der Waals surface area contributed by atoms with Crippen molar-refractivity contribution in [1.29, 1.82) is 0 Å². The summed E-state index contributed by atoms with van der Waals surface area (Å²) < 4.78 is 0. The summed E-state index contributed by atoms with van der Waals surface area (Å²) in [6.07, 6.45) is 0.549. The van der Waals surface area contributed by atoms with Gasteiger partial charge in [-0.25, -0.2) is 0 Å². The van der Waals surface area contributed by atoms with Gasteiger partial charge in [0.25, 0.3) is 0 Å². The van der Waals surface area contributed by atoms with Crippen molar-refractivity contribution in [2.24, 2.45) is 0 Å². The van der Waals surface area contributed by atoms with Gasteiger partial charge >= 0.3 is 0 Å². The van der Waals surface area contributed by atoms with Gasteiger partial charge in [0.15, 0.2) is 0 Å². The summed E-state index contributed by atoms with van der Waals surface area (Å²) in [7, 11) is 0. The molecule has 2 nitrogen and oxygen atoms in total. The molecule has 0 aromatic heterocycles. The molecular formula is C11H12ClNO. The second-order valence-corrected chi connectivity index (χ2v) is 4.46. The number of carbonyl (C=O) groups excluding carboxylic acids is 1. The Morgan fingerprint density at radius 2 is 2.29 bits per heavy atom. The Hall–Kier alpha value is -1.02. The molecule has 74 valence electrons. The smallest absolute Gasteiger partial charge is 0.220 e. The minimum atomic E-state index is -0.0953. The van der Waals surface area contributed by atoms with Crippen molar-refractivity contribution in [2.45, 2.75) is 18.8 Å². The molecule has 1 aliphatic heterocycles. The Morgan fingerprint density at radius 3 is 2.86 bits per heavy atom. The molecule has 1 N–H and O–H groups in total. The summed E-state index contributed by atoms with van der Waals surface area (Å²) in [4.78, 5) is 11.2. The number of rotatable bonds is 1. The standard InChI is InChI=1S/C11H12ClNO/c1-11(6-10(14)13-7-11)8-3-2-4-9(12)5-8/h2-5H,6-7H2,1H3,(H,13,14). The van der Waals surface area contributed by atoms with E-state index in [2.05, 4.69) is 12.2 Å². The fraction of sp³-hybridized carbons (Fsp3) is 0.364. The van der Waals surface area contributed by atoms with Crippen molar-refractivity contribution in [3.05, 3.63) is 34.9 Å². The fourth-order valence-corrected chi connectivity index (χ4v) is 2.03. The van der Waals surface area contributed by atoms with E-state index < -0.39 is 0 Å². The Balaban J connectivity index is 2.34. The minimum Gasteiger partial charge on any atom is -0.355 e. The molecular weight excluding hydrogens is 198 g/mol. The van der Waals surface area contributed by atoms with Crippen LogP contribution in [0.3, 0.4) is 0 Å². The van der Waals surface area contributed by atoms with Crippen molar-refractivity contribution >= 4 is 17.5 Å². The van der Waals surface area contributed by atoms with Crippen LogP contribution in [-0.2, 0) is 10.2 Å². The summed E-state index contributed by atoms with van der Waals surface area (Å²) in [6, 6.07) is 7.72. The zero-order valence-electron chi connectivity index (χ0n) is 8.01. The van der Waals surface area contributed by atoms with Crippen LogP contribution < -0.4 is 5.32 Å². The number of amides is 1. The first-order valence-corrected chi connectivity index (χ1v) is 5.01. The van der Waals surface area contributed by atoms with Crippen LogP contribution in [0.2, 0.25) is 5.02 Å². The van der Waals surface area contributed by atoms with Crippen LogP contribution in [0.25, 0.3) is 0 Å². The third kappa shape index (κ3) is 1.62. The molecule has 1 heterocycles. The highest BCUT2D eigenvalue weighted by Gasteiger charge is 2.35. The minimum absolute atomic E-state index is 0.0953. The van der Waals surface area contributed by atoms with E-state index in [1.165, 1.54) is 0 Å². The van der Waals surface area contributed by atoms with E-state index in [0.29, 0.717) is 13.0 Å². The van der Waals surface area contributed by atoms with E-state index >= 15 is 0 Å². The predicted octanol–water partition coefficient (Wildman–Crippen LogP) is 2.12. The number of benzene rings is 1. The summed E-state index contributed by atoms with van der Waals surface area (Å²) in [5, 5.41) is 3.57. The molecule has 1 atom stereocenters. The molecule has 1 aromatic rings. The van der Waals surface area contributed by atoms with E-state index in [0.717, 1.165) is 10.6 Å². The Kier molecular flexibility index (Phi) is 2.23. The normalized spacial score (nSPS) is 26.3. The van der Waals surface area contributed by atoms with Crippen LogP contribution in [-0.4, -0.2) is 12.5 Å². The highest BCUT2D eigenvalue weighted by molar-refractivity contribution is 6.30. The van der Waals surface area contributed by atoms with Gasteiger partial charge in [0, 0.05) is 23.4 Å². The fourth-order valence-electron chi connectivity index (χ4n) is 1.84. The van der Waals surface area contributed by atoms with Crippen LogP contribution >= 0.6 is 11.6 Å². The number of hydrogen-bond donors (Lipinski definition) is 1. The van der Waals surface area contributed by atoms with E-state index in [1.54, 1.807) is 0 Å². The molecule has 1 aliphatic rings. The second-order valence-electron chi connectivity index (χ2n) is 4.02. The van der Waals surface area contributed by atoms with Gasteiger partial charge in [-0.05, 0) is 17.7 Å². The van der Waals surface area contributed by atoms with Gasteiger partial charge in [-0.3, -0.25) is 4.79 Å². The molecule has 1 fully saturated rings. The first-order valence-electron chi connectivity index (χ1n) is 4.63. The Morgan fingerprint density at radius 1 is 1.50 bits per heavy atom. The Bertz CT molecular complexity index is 377. The average Bonchev–Trinajstić information content (AvgIpc) is 2.48. The van der Waals surface area contributed by atoms with Gasteiger partial charge in [0.2, 0.25) is 5.91 Å². The molecule has 1 amide bonds. The lowest BCUT2D eigenvalue weighted by Crippen LogP contribution is -2.24. The van der Waals surface area contributed by atoms with Crippen LogP contribution in [0, 0.1) is 0 Å². The lowest BCUT2D eigenvalue weighted by Gasteiger charge is -2.21. The molecule has 0 saturated carbocycles. The topological polar surface area (TPSA) is 29.1 Å². The van der Waals surface area contributed by atoms with Crippen LogP contribution in [0.15, 0.2) is 24.3 Å². The zero-order chi connectivity index (χ0) is 10.2. The van der Waals surface area contributed by atoms with Gasteiger partial charge in [-0.2, -0.15) is 0 Å². The van der Waals surface area contributed by atoms with Gasteiger partial charge in [-0.1, -0.05) is 30.7 Å². The molecule has 1 aromatic carbocycles. The summed E-state index contributed by atoms with van der Waals surface area (Å²) in [5.41, 5.74) is 1.03. The maximum absolute atomic E-state index is 11.2. The molecule has 3 heteroatoms. The second kappa shape index (κ2) is 3.28. The quantitative estimate of drug-likeness (QED) is 0.754. The van der Waals surface area contributed by atoms with E-state index in [-0.39, 0.29) is 11.3 Å². The average molecular weight is 210 g/mol. The van der Waals surface area contributed by atoms with Crippen molar-refractivity contribution in [3.63, 3.8) is 0 Å². The van der Waals surface area contributed by atoms with Crippen LogP contribution in [0.5, 0.6) is 0 Å². The lowest BCUT2D eigenvalue weighted by atomic mass is 9.82. The number of hydrogen-bond acceptors (Lipinski definition) is 1. The molecule has 0 aliphatic carbocycles. The largest absolute Gasteiger partial charge is 0.355 e. The molecule has 1 saturated heterocycles. The molecule has 14 heavy (non-hydrogen) atoms. The summed E-state index contributed by atoms with van der Waals surface area (Å²) >= 11 is 5.92. The lowest BCUT2D eigenvalue weighted by molar-refractivity contribution is -0.119. The highest BCUT2D eigenvalue weighted by Crippen LogP contribution is 2.31. The van der Waals surface area contributed by atoms with E-state index in [1.807, 2.05) is 24.3 Å². The Labute approximate surface area is 88.3 Å². The number of nitrogens with one attached hydrogen (secondary N) is 1. The molecule has 1 unspecified atom stereocenters. The first-order chi connectivity index (χ1) is 6.60. The monoisotopic (exact) mass is 209 g/mol. The number of halogens is 1. The highest BCUT2D eigenvalue weighted by atomic mass is 35.5. The van der Waals surface area contributed by atoms with E-state index in [4.69, 9.17) is 11.6 Å². The van der Waals surface area contributed by atoms with Crippen LogP contribution in [0.4, 0.5) is 0 Å². The van der Waals surface area contributed by atoms with E-state index in [9.17, 15) is 4.79 Å². The maximum Gasteiger partial charge on any atom is 0.220 e. The SMILES string of the molecule is CC1(c2cccc(Cl)c2)CNC(=O)C1.